The average molecular weight is 403 g/mol. The van der Waals surface area contributed by atoms with Gasteiger partial charge in [-0.05, 0) is 59.2 Å². The van der Waals surface area contributed by atoms with Gasteiger partial charge in [0.1, 0.15) is 29.6 Å². The fourth-order valence-electron chi connectivity index (χ4n) is 3.28. The maximum Gasteiger partial charge on any atom is 0.410 e. The van der Waals surface area contributed by atoms with Gasteiger partial charge in [-0.3, -0.25) is 0 Å². The van der Waals surface area contributed by atoms with E-state index in [0.29, 0.717) is 36.6 Å². The summed E-state index contributed by atoms with van der Waals surface area (Å²) >= 11 is 0. The number of nitrogens with zero attached hydrogens (tertiary/aromatic N) is 1. The van der Waals surface area contributed by atoms with Gasteiger partial charge in [0.25, 0.3) is 0 Å². The Balaban J connectivity index is 1.70. The number of morpholine rings is 1. The van der Waals surface area contributed by atoms with Crippen LogP contribution in [0.5, 0.6) is 5.75 Å². The average Bonchev–Trinajstić information content (AvgIpc) is 2.65. The number of fused-ring (bicyclic) bond motifs is 1. The van der Waals surface area contributed by atoms with Crippen LogP contribution < -0.4 is 10.4 Å². The van der Waals surface area contributed by atoms with Crippen molar-refractivity contribution in [2.45, 2.75) is 53.2 Å². The van der Waals surface area contributed by atoms with Gasteiger partial charge in [-0.1, -0.05) is 0 Å². The molecule has 0 bridgehead atoms. The summed E-state index contributed by atoms with van der Waals surface area (Å²) < 4.78 is 22.6. The lowest BCUT2D eigenvalue weighted by atomic mass is 10.0. The van der Waals surface area contributed by atoms with Crippen molar-refractivity contribution < 1.29 is 23.4 Å². The number of carbonyl (C=O) groups excluding carboxylic acids is 1. The molecule has 1 amide bonds. The quantitative estimate of drug-likeness (QED) is 0.727. The fourth-order valence-corrected chi connectivity index (χ4v) is 3.28. The van der Waals surface area contributed by atoms with Crippen molar-refractivity contribution in [3.63, 3.8) is 0 Å². The maximum atomic E-state index is 12.3. The van der Waals surface area contributed by atoms with E-state index in [1.54, 1.807) is 11.8 Å². The number of aryl methyl sites for hydroxylation is 2. The third-order valence-corrected chi connectivity index (χ3v) is 5.04. The maximum absolute atomic E-state index is 12.3. The Bertz CT molecular complexity index is 972. The zero-order valence-corrected chi connectivity index (χ0v) is 18.0. The van der Waals surface area contributed by atoms with Crippen molar-refractivity contribution in [1.82, 2.24) is 4.90 Å². The molecule has 29 heavy (non-hydrogen) atoms. The molecular weight excluding hydrogens is 374 g/mol. The van der Waals surface area contributed by atoms with Crippen molar-refractivity contribution in [2.75, 3.05) is 26.3 Å². The topological polar surface area (TPSA) is 78.2 Å². The van der Waals surface area contributed by atoms with Gasteiger partial charge in [0, 0.05) is 23.1 Å². The number of rotatable bonds is 3. The number of hydrogen-bond donors (Lipinski definition) is 0. The summed E-state index contributed by atoms with van der Waals surface area (Å²) in [5.41, 5.74) is 1.96. The van der Waals surface area contributed by atoms with Crippen molar-refractivity contribution in [2.24, 2.45) is 0 Å². The van der Waals surface area contributed by atoms with Gasteiger partial charge in [0.2, 0.25) is 0 Å². The van der Waals surface area contributed by atoms with Crippen LogP contribution in [0, 0.1) is 20.8 Å². The van der Waals surface area contributed by atoms with E-state index >= 15 is 0 Å². The largest absolute Gasteiger partial charge is 0.490 e. The Morgan fingerprint density at radius 1 is 1.17 bits per heavy atom. The minimum absolute atomic E-state index is 0.266. The smallest absolute Gasteiger partial charge is 0.410 e. The van der Waals surface area contributed by atoms with E-state index in [-0.39, 0.29) is 24.4 Å². The van der Waals surface area contributed by atoms with Crippen LogP contribution >= 0.6 is 0 Å². The Kier molecular flexibility index (Phi) is 5.89. The Morgan fingerprint density at radius 3 is 2.59 bits per heavy atom. The predicted molar refractivity (Wildman–Crippen MR) is 110 cm³/mol. The first-order valence-corrected chi connectivity index (χ1v) is 9.83. The van der Waals surface area contributed by atoms with Crippen LogP contribution in [0.2, 0.25) is 0 Å². The van der Waals surface area contributed by atoms with Gasteiger partial charge >= 0.3 is 11.7 Å². The summed E-state index contributed by atoms with van der Waals surface area (Å²) in [4.78, 5) is 26.0. The molecule has 0 saturated carbocycles. The Hall–Kier alpha value is -2.54. The van der Waals surface area contributed by atoms with Crippen LogP contribution in [-0.4, -0.2) is 49.0 Å². The van der Waals surface area contributed by atoms with E-state index in [4.69, 9.17) is 18.6 Å². The van der Waals surface area contributed by atoms with Crippen LogP contribution in [0.25, 0.3) is 11.0 Å². The van der Waals surface area contributed by atoms with Crippen molar-refractivity contribution in [3.05, 3.63) is 39.2 Å². The monoisotopic (exact) mass is 403 g/mol. The van der Waals surface area contributed by atoms with E-state index < -0.39 is 5.60 Å². The predicted octanol–water partition coefficient (Wildman–Crippen LogP) is 3.73. The third kappa shape index (κ3) is 4.72. The summed E-state index contributed by atoms with van der Waals surface area (Å²) in [5, 5.41) is 0.900. The zero-order valence-electron chi connectivity index (χ0n) is 18.0. The second-order valence-electron chi connectivity index (χ2n) is 8.44. The lowest BCUT2D eigenvalue weighted by Gasteiger charge is -2.34. The summed E-state index contributed by atoms with van der Waals surface area (Å²) in [6, 6.07) is 3.77. The third-order valence-electron chi connectivity index (χ3n) is 5.04. The first-order chi connectivity index (χ1) is 13.6. The molecule has 0 aliphatic carbocycles. The van der Waals surface area contributed by atoms with Crippen molar-refractivity contribution in [1.29, 1.82) is 0 Å². The van der Waals surface area contributed by atoms with Crippen LogP contribution in [0.15, 0.2) is 21.3 Å². The highest BCUT2D eigenvalue weighted by Crippen LogP contribution is 2.29. The molecule has 3 rings (SSSR count). The number of hydrogen-bond acceptors (Lipinski definition) is 6. The first-order valence-electron chi connectivity index (χ1n) is 9.83. The van der Waals surface area contributed by atoms with Crippen LogP contribution in [0.1, 0.15) is 37.5 Å². The molecule has 1 aromatic carbocycles. The molecule has 1 aliphatic rings. The molecule has 7 nitrogen and oxygen atoms in total. The van der Waals surface area contributed by atoms with Crippen LogP contribution in [0.3, 0.4) is 0 Å². The van der Waals surface area contributed by atoms with E-state index in [1.807, 2.05) is 46.8 Å². The molecule has 0 unspecified atom stereocenters. The SMILES string of the molecule is Cc1c(C)c2ccc(OC[C@@H]3CN(C(=O)OC(C)(C)C)CCO3)c(C)c2oc1=O. The minimum Gasteiger partial charge on any atom is -0.490 e. The molecule has 2 aromatic rings. The van der Waals surface area contributed by atoms with Crippen LogP contribution in [-0.2, 0) is 9.47 Å². The summed E-state index contributed by atoms with van der Waals surface area (Å²) in [6.07, 6.45) is -0.613. The van der Waals surface area contributed by atoms with Crippen molar-refractivity contribution >= 4 is 17.1 Å². The lowest BCUT2D eigenvalue weighted by Crippen LogP contribution is -2.49. The van der Waals surface area contributed by atoms with E-state index in [0.717, 1.165) is 16.5 Å². The van der Waals surface area contributed by atoms with Gasteiger partial charge < -0.3 is 23.5 Å². The highest BCUT2D eigenvalue weighted by atomic mass is 16.6. The molecule has 158 valence electrons. The summed E-state index contributed by atoms with van der Waals surface area (Å²) in [6.45, 7) is 12.7. The van der Waals surface area contributed by atoms with Gasteiger partial charge in [-0.25, -0.2) is 9.59 Å². The van der Waals surface area contributed by atoms with E-state index in [9.17, 15) is 9.59 Å². The second kappa shape index (κ2) is 8.06. The second-order valence-corrected chi connectivity index (χ2v) is 8.44. The number of carbonyl (C=O) groups is 1. The highest BCUT2D eigenvalue weighted by Gasteiger charge is 2.28. The molecule has 1 saturated heterocycles. The summed E-state index contributed by atoms with van der Waals surface area (Å²) in [7, 11) is 0. The molecule has 2 heterocycles. The standard InChI is InChI=1S/C22H29NO6/c1-13-14(2)20(24)28-19-15(3)18(8-7-17(13)19)27-12-16-11-23(9-10-26-16)21(25)29-22(4,5)6/h7-8,16H,9-12H2,1-6H3/t16-/m0/s1. The molecular formula is C22H29NO6. The Morgan fingerprint density at radius 2 is 1.90 bits per heavy atom. The molecule has 1 fully saturated rings. The van der Waals surface area contributed by atoms with Gasteiger partial charge in [0.05, 0.1) is 13.2 Å². The minimum atomic E-state index is -0.538. The molecule has 1 aromatic heterocycles. The van der Waals surface area contributed by atoms with Crippen LogP contribution in [0.4, 0.5) is 4.79 Å². The number of ether oxygens (including phenoxy) is 3. The van der Waals surface area contributed by atoms with Crippen molar-refractivity contribution in [3.8, 4) is 5.75 Å². The molecule has 7 heteroatoms. The summed E-state index contributed by atoms with van der Waals surface area (Å²) in [5.74, 6) is 0.627. The number of amides is 1. The molecule has 1 aliphatic heterocycles. The lowest BCUT2D eigenvalue weighted by molar-refractivity contribution is -0.0557. The van der Waals surface area contributed by atoms with Gasteiger partial charge in [-0.2, -0.15) is 0 Å². The highest BCUT2D eigenvalue weighted by molar-refractivity contribution is 5.85. The van der Waals surface area contributed by atoms with Gasteiger partial charge in [-0.15, -0.1) is 0 Å². The van der Waals surface area contributed by atoms with E-state index in [1.165, 1.54) is 0 Å². The molecule has 0 spiro atoms. The molecule has 0 N–H and O–H groups in total. The van der Waals surface area contributed by atoms with Gasteiger partial charge in [0.15, 0.2) is 0 Å². The van der Waals surface area contributed by atoms with E-state index in [2.05, 4.69) is 0 Å². The normalized spacial score (nSPS) is 17.4. The Labute approximate surface area is 170 Å². The molecule has 1 atom stereocenters. The number of benzene rings is 1. The fraction of sp³-hybridized carbons (Fsp3) is 0.545. The first kappa shape index (κ1) is 21.2. The molecule has 0 radical (unpaired) electrons. The zero-order chi connectivity index (χ0) is 21.3.